The monoisotopic (exact) mass is 348 g/mol. The van der Waals surface area contributed by atoms with Crippen LogP contribution >= 0.6 is 0 Å². The summed E-state index contributed by atoms with van der Waals surface area (Å²) in [7, 11) is -3.43. The summed E-state index contributed by atoms with van der Waals surface area (Å²) in [4.78, 5) is 2.27. The molecular formula is C14H28N4O4S. The number of rotatable bonds is 3. The van der Waals surface area contributed by atoms with Crippen LogP contribution in [0, 0.1) is 0 Å². The Balaban J connectivity index is 1.67. The molecule has 0 aromatic rings. The third-order valence-electron chi connectivity index (χ3n) is 4.88. The van der Waals surface area contributed by atoms with Crippen LogP contribution in [0.1, 0.15) is 6.92 Å². The molecule has 23 heavy (non-hydrogen) atoms. The first-order valence-corrected chi connectivity index (χ1v) is 9.85. The average Bonchev–Trinajstić information content (AvgIpc) is 2.80. The molecule has 3 saturated heterocycles. The van der Waals surface area contributed by atoms with Gasteiger partial charge in [0.15, 0.2) is 0 Å². The Labute approximate surface area is 138 Å². The van der Waals surface area contributed by atoms with Gasteiger partial charge < -0.3 is 19.7 Å². The van der Waals surface area contributed by atoms with Crippen LogP contribution in [0.4, 0.5) is 0 Å². The fourth-order valence-corrected chi connectivity index (χ4v) is 5.07. The Morgan fingerprint density at radius 1 is 1.09 bits per heavy atom. The minimum absolute atomic E-state index is 0.357. The zero-order chi connectivity index (χ0) is 16.3. The summed E-state index contributed by atoms with van der Waals surface area (Å²) < 4.78 is 40.6. The molecule has 1 atom stereocenters. The molecular weight excluding hydrogens is 320 g/mol. The molecule has 3 fully saturated rings. The second-order valence-electron chi connectivity index (χ2n) is 6.44. The molecule has 0 saturated carbocycles. The van der Waals surface area contributed by atoms with Gasteiger partial charge in [0, 0.05) is 52.4 Å². The second-order valence-corrected chi connectivity index (χ2v) is 8.36. The van der Waals surface area contributed by atoms with Gasteiger partial charge in [0.1, 0.15) is 5.60 Å². The van der Waals surface area contributed by atoms with E-state index in [0.717, 1.165) is 26.2 Å². The third-order valence-corrected chi connectivity index (χ3v) is 6.86. The highest BCUT2D eigenvalue weighted by Crippen LogP contribution is 2.23. The molecule has 134 valence electrons. The van der Waals surface area contributed by atoms with Crippen molar-refractivity contribution in [2.24, 2.45) is 0 Å². The van der Waals surface area contributed by atoms with E-state index < -0.39 is 15.8 Å². The van der Waals surface area contributed by atoms with E-state index in [0.29, 0.717) is 52.5 Å². The Morgan fingerprint density at radius 2 is 1.87 bits per heavy atom. The van der Waals surface area contributed by atoms with Gasteiger partial charge in [-0.2, -0.15) is 17.0 Å². The lowest BCUT2D eigenvalue weighted by Gasteiger charge is -2.43. The molecule has 0 aromatic heterocycles. The van der Waals surface area contributed by atoms with Crippen molar-refractivity contribution in [2.45, 2.75) is 12.5 Å². The summed E-state index contributed by atoms with van der Waals surface area (Å²) in [5.74, 6) is 0. The predicted molar refractivity (Wildman–Crippen MR) is 86.6 cm³/mol. The van der Waals surface area contributed by atoms with Gasteiger partial charge in [0.2, 0.25) is 0 Å². The molecule has 0 radical (unpaired) electrons. The number of nitrogens with one attached hydrogen (secondary N) is 1. The van der Waals surface area contributed by atoms with Crippen LogP contribution in [0.3, 0.4) is 0 Å². The Morgan fingerprint density at radius 3 is 2.61 bits per heavy atom. The van der Waals surface area contributed by atoms with E-state index in [1.165, 1.54) is 0 Å². The van der Waals surface area contributed by atoms with Crippen LogP contribution in [-0.4, -0.2) is 106 Å². The maximum atomic E-state index is 13.0. The van der Waals surface area contributed by atoms with Crippen molar-refractivity contribution in [3.05, 3.63) is 0 Å². The van der Waals surface area contributed by atoms with Crippen LogP contribution in [0.25, 0.3) is 0 Å². The Kier molecular flexibility index (Phi) is 5.57. The summed E-state index contributed by atoms with van der Waals surface area (Å²) >= 11 is 0. The minimum Gasteiger partial charge on any atom is -0.377 e. The van der Waals surface area contributed by atoms with Crippen molar-refractivity contribution in [1.29, 1.82) is 0 Å². The van der Waals surface area contributed by atoms with Crippen molar-refractivity contribution < 1.29 is 17.9 Å². The number of hydrogen-bond donors (Lipinski definition) is 1. The molecule has 0 bridgehead atoms. The highest BCUT2D eigenvalue weighted by Gasteiger charge is 2.43. The molecule has 1 unspecified atom stereocenters. The van der Waals surface area contributed by atoms with Gasteiger partial charge in [0.25, 0.3) is 10.2 Å². The van der Waals surface area contributed by atoms with Crippen molar-refractivity contribution in [2.75, 3.05) is 78.7 Å². The summed E-state index contributed by atoms with van der Waals surface area (Å²) in [6.07, 6.45) is 0. The van der Waals surface area contributed by atoms with Gasteiger partial charge in [-0.3, -0.25) is 0 Å². The molecule has 3 aliphatic rings. The normalized spacial score (nSPS) is 32.9. The molecule has 1 N–H and O–H groups in total. The van der Waals surface area contributed by atoms with E-state index in [1.54, 1.807) is 8.61 Å². The molecule has 0 amide bonds. The third kappa shape index (κ3) is 3.87. The van der Waals surface area contributed by atoms with Gasteiger partial charge in [-0.25, -0.2) is 0 Å². The first-order valence-electron chi connectivity index (χ1n) is 8.46. The van der Waals surface area contributed by atoms with Gasteiger partial charge >= 0.3 is 0 Å². The molecule has 8 nitrogen and oxygen atoms in total. The van der Waals surface area contributed by atoms with Crippen LogP contribution in [-0.2, 0) is 19.7 Å². The van der Waals surface area contributed by atoms with Gasteiger partial charge in [0.05, 0.1) is 19.8 Å². The maximum absolute atomic E-state index is 13.0. The fourth-order valence-electron chi connectivity index (χ4n) is 3.41. The van der Waals surface area contributed by atoms with Crippen LogP contribution in [0.2, 0.25) is 0 Å². The molecule has 9 heteroatoms. The highest BCUT2D eigenvalue weighted by molar-refractivity contribution is 7.86. The van der Waals surface area contributed by atoms with Gasteiger partial charge in [-0.1, -0.05) is 6.92 Å². The number of likely N-dealkylation sites (N-methyl/N-ethyl adjacent to an activating group) is 1. The summed E-state index contributed by atoms with van der Waals surface area (Å²) in [5, 5.41) is 3.28. The SMILES string of the molecule is CCN1CCN(S(=O)(=O)N2CCOC3(CNCCOC3)C2)CC1. The van der Waals surface area contributed by atoms with E-state index in [4.69, 9.17) is 9.47 Å². The molecule has 3 aliphatic heterocycles. The topological polar surface area (TPSA) is 74.4 Å². The largest absolute Gasteiger partial charge is 0.377 e. The zero-order valence-corrected chi connectivity index (χ0v) is 14.7. The molecule has 3 heterocycles. The highest BCUT2D eigenvalue weighted by atomic mass is 32.2. The lowest BCUT2D eigenvalue weighted by Crippen LogP contribution is -2.62. The first kappa shape index (κ1) is 17.5. The average molecular weight is 348 g/mol. The number of hydrogen-bond acceptors (Lipinski definition) is 6. The van der Waals surface area contributed by atoms with Gasteiger partial charge in [-0.05, 0) is 6.54 Å². The minimum atomic E-state index is -3.43. The Bertz CT molecular complexity index is 485. The number of morpholine rings is 1. The summed E-state index contributed by atoms with van der Waals surface area (Å²) in [5.41, 5.74) is -0.562. The fraction of sp³-hybridized carbons (Fsp3) is 1.00. The second kappa shape index (κ2) is 7.30. The number of ether oxygens (including phenoxy) is 2. The molecule has 0 aromatic carbocycles. The zero-order valence-electron chi connectivity index (χ0n) is 13.9. The van der Waals surface area contributed by atoms with E-state index >= 15 is 0 Å². The van der Waals surface area contributed by atoms with Crippen LogP contribution in [0.5, 0.6) is 0 Å². The summed E-state index contributed by atoms with van der Waals surface area (Å²) in [6.45, 7) is 9.47. The smallest absolute Gasteiger partial charge is 0.282 e. The van der Waals surface area contributed by atoms with E-state index in [2.05, 4.69) is 17.1 Å². The van der Waals surface area contributed by atoms with Crippen molar-refractivity contribution >= 4 is 10.2 Å². The first-order chi connectivity index (χ1) is 11.1. The van der Waals surface area contributed by atoms with Crippen molar-refractivity contribution in [3.8, 4) is 0 Å². The predicted octanol–water partition coefficient (Wildman–Crippen LogP) is -1.44. The standard InChI is InChI=1S/C14H28N4O4S/c1-2-16-4-6-17(7-5-16)23(19,20)18-8-10-22-14(12-18)11-15-3-9-21-13-14/h15H,2-13H2,1H3. The lowest BCUT2D eigenvalue weighted by molar-refractivity contribution is -0.119. The van der Waals surface area contributed by atoms with E-state index in [1.807, 2.05) is 0 Å². The quantitative estimate of drug-likeness (QED) is 0.673. The molecule has 1 spiro atoms. The van der Waals surface area contributed by atoms with Crippen molar-refractivity contribution in [1.82, 2.24) is 18.8 Å². The van der Waals surface area contributed by atoms with Crippen LogP contribution in [0.15, 0.2) is 0 Å². The number of nitrogens with zero attached hydrogens (tertiary/aromatic N) is 3. The van der Waals surface area contributed by atoms with E-state index in [9.17, 15) is 8.42 Å². The lowest BCUT2D eigenvalue weighted by atomic mass is 10.0. The van der Waals surface area contributed by atoms with Crippen LogP contribution < -0.4 is 5.32 Å². The molecule has 3 rings (SSSR count). The maximum Gasteiger partial charge on any atom is 0.282 e. The summed E-state index contributed by atoms with van der Waals surface area (Å²) in [6, 6.07) is 0. The Hall–Kier alpha value is -0.290. The van der Waals surface area contributed by atoms with E-state index in [-0.39, 0.29) is 0 Å². The van der Waals surface area contributed by atoms with Crippen molar-refractivity contribution in [3.63, 3.8) is 0 Å². The van der Waals surface area contributed by atoms with Gasteiger partial charge in [-0.15, -0.1) is 0 Å². The molecule has 0 aliphatic carbocycles. The number of piperazine rings is 1.